The summed E-state index contributed by atoms with van der Waals surface area (Å²) in [6.07, 6.45) is 1.72. The Hall–Kier alpha value is -1.45. The minimum Gasteiger partial charge on any atom is -0.313 e. The molecule has 2 rings (SSSR count). The van der Waals surface area contributed by atoms with Crippen molar-refractivity contribution in [1.82, 2.24) is 15.5 Å². The molecule has 1 heterocycles. The van der Waals surface area contributed by atoms with Crippen molar-refractivity contribution in [3.05, 3.63) is 57.4 Å². The molecule has 0 spiro atoms. The minimum absolute atomic E-state index is 0.189. The maximum absolute atomic E-state index is 6.37. The average molecular weight is 304 g/mol. The highest BCUT2D eigenvalue weighted by molar-refractivity contribution is 6.31. The van der Waals surface area contributed by atoms with E-state index < -0.39 is 0 Å². The zero-order chi connectivity index (χ0) is 15.4. The second-order valence-electron chi connectivity index (χ2n) is 5.38. The Balaban J connectivity index is 2.34. The molecule has 1 N–H and O–H groups in total. The topological polar surface area (TPSA) is 37.8 Å². The fraction of sp³-hybridized carbons (Fsp3) is 0.412. The van der Waals surface area contributed by atoms with Crippen LogP contribution in [0.1, 0.15) is 41.0 Å². The van der Waals surface area contributed by atoms with E-state index in [1.165, 1.54) is 11.1 Å². The molecule has 0 saturated heterocycles. The van der Waals surface area contributed by atoms with Gasteiger partial charge in [0, 0.05) is 11.1 Å². The van der Waals surface area contributed by atoms with Gasteiger partial charge in [-0.05, 0) is 62.6 Å². The highest BCUT2D eigenvalue weighted by atomic mass is 35.5. The average Bonchev–Trinajstić information content (AvgIpc) is 2.46. The molecule has 0 radical (unpaired) electrons. The Morgan fingerprint density at radius 1 is 1.19 bits per heavy atom. The molecule has 4 heteroatoms. The lowest BCUT2D eigenvalue weighted by molar-refractivity contribution is 0.578. The summed E-state index contributed by atoms with van der Waals surface area (Å²) in [4.78, 5) is 0. The number of nitrogens with one attached hydrogen (secondary N) is 1. The molecule has 112 valence electrons. The number of aryl methyl sites for hydroxylation is 3. The van der Waals surface area contributed by atoms with Crippen molar-refractivity contribution in [3.63, 3.8) is 0 Å². The highest BCUT2D eigenvalue weighted by Gasteiger charge is 2.17. The number of hydrogen-bond donors (Lipinski definition) is 1. The molecule has 0 fully saturated rings. The van der Waals surface area contributed by atoms with Crippen LogP contribution in [0.15, 0.2) is 24.3 Å². The Morgan fingerprint density at radius 3 is 2.57 bits per heavy atom. The Morgan fingerprint density at radius 2 is 1.95 bits per heavy atom. The summed E-state index contributed by atoms with van der Waals surface area (Å²) in [7, 11) is 1.97. The van der Waals surface area contributed by atoms with Crippen LogP contribution in [0, 0.1) is 13.8 Å². The Labute approximate surface area is 131 Å². The third-order valence-electron chi connectivity index (χ3n) is 3.72. The molecule has 1 aromatic carbocycles. The third-order valence-corrected chi connectivity index (χ3v) is 4.07. The molecule has 1 aromatic heterocycles. The van der Waals surface area contributed by atoms with Gasteiger partial charge in [-0.1, -0.05) is 30.7 Å². The van der Waals surface area contributed by atoms with Crippen molar-refractivity contribution >= 4 is 11.6 Å². The predicted octanol–water partition coefficient (Wildman–Crippen LogP) is 3.81. The summed E-state index contributed by atoms with van der Waals surface area (Å²) < 4.78 is 0. The molecule has 1 unspecified atom stereocenters. The van der Waals surface area contributed by atoms with E-state index in [0.717, 1.165) is 34.8 Å². The summed E-state index contributed by atoms with van der Waals surface area (Å²) in [6.45, 7) is 6.13. The maximum atomic E-state index is 6.37. The van der Waals surface area contributed by atoms with E-state index in [4.69, 9.17) is 11.6 Å². The van der Waals surface area contributed by atoms with E-state index in [9.17, 15) is 0 Å². The molecule has 21 heavy (non-hydrogen) atoms. The maximum Gasteiger partial charge on any atom is 0.0676 e. The SMILES string of the molecule is CCc1nnc(C)cc1C(Cc1ccc(C)cc1Cl)NC. The lowest BCUT2D eigenvalue weighted by atomic mass is 9.96. The summed E-state index contributed by atoms with van der Waals surface area (Å²) >= 11 is 6.37. The van der Waals surface area contributed by atoms with Gasteiger partial charge in [-0.3, -0.25) is 0 Å². The van der Waals surface area contributed by atoms with Crippen molar-refractivity contribution in [1.29, 1.82) is 0 Å². The van der Waals surface area contributed by atoms with Gasteiger partial charge >= 0.3 is 0 Å². The van der Waals surface area contributed by atoms with E-state index in [1.54, 1.807) is 0 Å². The van der Waals surface area contributed by atoms with Crippen LogP contribution in [-0.2, 0) is 12.8 Å². The van der Waals surface area contributed by atoms with Crippen LogP contribution >= 0.6 is 11.6 Å². The van der Waals surface area contributed by atoms with Gasteiger partial charge in [0.05, 0.1) is 11.4 Å². The van der Waals surface area contributed by atoms with Crippen LogP contribution in [0.3, 0.4) is 0 Å². The van der Waals surface area contributed by atoms with Crippen molar-refractivity contribution in [2.24, 2.45) is 0 Å². The number of halogens is 1. The second-order valence-corrected chi connectivity index (χ2v) is 5.79. The summed E-state index contributed by atoms with van der Waals surface area (Å²) in [6, 6.07) is 8.53. The van der Waals surface area contributed by atoms with Gasteiger partial charge in [0.1, 0.15) is 0 Å². The van der Waals surface area contributed by atoms with Crippen molar-refractivity contribution in [2.45, 2.75) is 39.7 Å². The first-order valence-electron chi connectivity index (χ1n) is 7.30. The molecular weight excluding hydrogens is 282 g/mol. The molecule has 0 saturated carbocycles. The zero-order valence-corrected chi connectivity index (χ0v) is 13.8. The summed E-state index contributed by atoms with van der Waals surface area (Å²) in [5, 5.41) is 12.7. The van der Waals surface area contributed by atoms with Gasteiger partial charge in [-0.2, -0.15) is 10.2 Å². The first-order chi connectivity index (χ1) is 10.0. The lowest BCUT2D eigenvalue weighted by Gasteiger charge is -2.20. The van der Waals surface area contributed by atoms with Gasteiger partial charge in [0.2, 0.25) is 0 Å². The molecule has 1 atom stereocenters. The molecule has 0 aliphatic carbocycles. The first kappa shape index (κ1) is 15.9. The summed E-state index contributed by atoms with van der Waals surface area (Å²) in [5.74, 6) is 0. The number of hydrogen-bond acceptors (Lipinski definition) is 3. The fourth-order valence-corrected chi connectivity index (χ4v) is 2.83. The van der Waals surface area contributed by atoms with E-state index in [2.05, 4.69) is 47.6 Å². The van der Waals surface area contributed by atoms with E-state index in [-0.39, 0.29) is 6.04 Å². The van der Waals surface area contributed by atoms with Crippen LogP contribution < -0.4 is 5.32 Å². The van der Waals surface area contributed by atoms with Gasteiger partial charge < -0.3 is 5.32 Å². The molecule has 0 amide bonds. The minimum atomic E-state index is 0.189. The third kappa shape index (κ3) is 3.80. The summed E-state index contributed by atoms with van der Waals surface area (Å²) in [5.41, 5.74) is 5.53. The smallest absolute Gasteiger partial charge is 0.0676 e. The number of benzene rings is 1. The van der Waals surface area contributed by atoms with E-state index >= 15 is 0 Å². The fourth-order valence-electron chi connectivity index (χ4n) is 2.52. The van der Waals surface area contributed by atoms with Gasteiger partial charge in [-0.15, -0.1) is 0 Å². The lowest BCUT2D eigenvalue weighted by Crippen LogP contribution is -2.21. The molecule has 0 aliphatic heterocycles. The van der Waals surface area contributed by atoms with Gasteiger partial charge in [0.25, 0.3) is 0 Å². The van der Waals surface area contributed by atoms with Gasteiger partial charge in [-0.25, -0.2) is 0 Å². The number of nitrogens with zero attached hydrogens (tertiary/aromatic N) is 2. The largest absolute Gasteiger partial charge is 0.313 e. The van der Waals surface area contributed by atoms with Crippen LogP contribution in [0.4, 0.5) is 0 Å². The molecule has 2 aromatic rings. The van der Waals surface area contributed by atoms with Crippen molar-refractivity contribution in [2.75, 3.05) is 7.05 Å². The van der Waals surface area contributed by atoms with Crippen molar-refractivity contribution < 1.29 is 0 Å². The Bertz CT molecular complexity index is 625. The van der Waals surface area contributed by atoms with Crippen LogP contribution in [-0.4, -0.2) is 17.2 Å². The Kier molecular flexibility index (Phi) is 5.32. The van der Waals surface area contributed by atoms with E-state index in [0.29, 0.717) is 0 Å². The van der Waals surface area contributed by atoms with Crippen molar-refractivity contribution in [3.8, 4) is 0 Å². The van der Waals surface area contributed by atoms with Crippen LogP contribution in [0.25, 0.3) is 0 Å². The van der Waals surface area contributed by atoms with Crippen LogP contribution in [0.5, 0.6) is 0 Å². The van der Waals surface area contributed by atoms with Gasteiger partial charge in [0.15, 0.2) is 0 Å². The number of likely N-dealkylation sites (N-methyl/N-ethyl adjacent to an activating group) is 1. The highest BCUT2D eigenvalue weighted by Crippen LogP contribution is 2.26. The zero-order valence-electron chi connectivity index (χ0n) is 13.1. The first-order valence-corrected chi connectivity index (χ1v) is 7.68. The molecule has 3 nitrogen and oxygen atoms in total. The quantitative estimate of drug-likeness (QED) is 0.912. The second kappa shape index (κ2) is 7.01. The molecule has 0 bridgehead atoms. The number of rotatable bonds is 5. The standard InChI is InChI=1S/C17H22ClN3/c1-5-16-14(9-12(3)20-21-16)17(19-4)10-13-7-6-11(2)8-15(13)18/h6-9,17,19H,5,10H2,1-4H3. The monoisotopic (exact) mass is 303 g/mol. The number of aromatic nitrogens is 2. The van der Waals surface area contributed by atoms with Crippen LogP contribution in [0.2, 0.25) is 5.02 Å². The predicted molar refractivity (Wildman–Crippen MR) is 87.8 cm³/mol. The molecular formula is C17H22ClN3. The molecule has 0 aliphatic rings. The normalized spacial score (nSPS) is 12.4. The van der Waals surface area contributed by atoms with E-state index in [1.807, 2.05) is 20.0 Å².